The van der Waals surface area contributed by atoms with Gasteiger partial charge in [-0.3, -0.25) is 86.5 Å². The smallest absolute Gasteiger partial charge is 0.416 e. The summed E-state index contributed by atoms with van der Waals surface area (Å²) in [5.41, 5.74) is 2.65. The number of carbonyl (C=O) groups is 18. The zero-order chi connectivity index (χ0) is 96.5. The fourth-order valence-corrected chi connectivity index (χ4v) is 20.2. The van der Waals surface area contributed by atoms with Crippen LogP contribution in [0.5, 0.6) is 17.2 Å². The van der Waals surface area contributed by atoms with Crippen molar-refractivity contribution in [2.24, 2.45) is 17.8 Å². The molecule has 40 heteroatoms. The van der Waals surface area contributed by atoms with Crippen molar-refractivity contribution in [2.75, 3.05) is 73.2 Å². The maximum Gasteiger partial charge on any atom is 0.416 e. The van der Waals surface area contributed by atoms with Crippen LogP contribution in [0.4, 0.5) is 26.7 Å². The van der Waals surface area contributed by atoms with Gasteiger partial charge in [0.05, 0.1) is 83.4 Å². The molecule has 14 rings (SSSR count). The van der Waals surface area contributed by atoms with Gasteiger partial charge < -0.3 is 80.9 Å². The van der Waals surface area contributed by atoms with Gasteiger partial charge >= 0.3 is 12.2 Å². The van der Waals surface area contributed by atoms with Crippen molar-refractivity contribution in [2.45, 2.75) is 255 Å². The quantitative estimate of drug-likeness (QED) is 0.105. The second-order valence-corrected chi connectivity index (χ2v) is 38.4. The average Bonchev–Trinajstić information content (AvgIpc) is 1.60. The number of aliphatic hydroxyl groups excluding tert-OH is 2. The van der Waals surface area contributed by atoms with E-state index in [-0.39, 0.29) is 167 Å². The standard InChI is InChI=1S/C94H119N13O25S2/c1-51(2)80-85(118)96-54(6)69(110)41-56-24-26-57(27-25-56)48-131-94(127)107-67-45-72(71(128-8)43-62(67)88(121)103-35-16-19-65(103)90(107)123)130-39-13-9-12-38-129-70-44-66-61(40-53(70)5)87(120)102-34-15-18-64(102)89(122)106(66)93(126)132-49-58-28-30-59(31-29-58)98-83(116)55(7)97-86(119)81(52(3)4)100-76(112)22-14-33-95-84(117)63-42-60(108)32-37-105-79(115)47-74(92(105)125)134-50-133-73-46-78(114)104(91(73)124)36-17-23-77(113)101-82(63)68(109)20-10-11-21-75(111)99-80/h24-31,40,43-45,51-52,54-55,63-65,73-74,80-82,89-90,122-123H,9-23,32-39,41-42,46-50H2,1-8H3,(H,95,117)(H,96,118)(H,97,119)(H,98,116)(H,99,111)(H,100,112)(H,101,113)/t54-,55-,63+,64-,65-,73?,74?,80-,81-,82-,89?,90?/m0/s1. The van der Waals surface area contributed by atoms with Gasteiger partial charge in [-0.2, -0.15) is 0 Å². The van der Waals surface area contributed by atoms with Crippen LogP contribution in [-0.2, 0) is 96.2 Å². The second-order valence-electron chi connectivity index (χ2n) is 35.6. The maximum atomic E-state index is 14.8. The van der Waals surface area contributed by atoms with E-state index >= 15 is 0 Å². The number of methoxy groups -OCH3 is 1. The first-order chi connectivity index (χ1) is 64.1. The van der Waals surface area contributed by atoms with Gasteiger partial charge in [0.15, 0.2) is 35.5 Å². The number of aliphatic hydroxyl groups is 2. The predicted molar refractivity (Wildman–Crippen MR) is 488 cm³/mol. The number of hydrogen-bond donors (Lipinski definition) is 9. The highest BCUT2D eigenvalue weighted by molar-refractivity contribution is 8.17. The summed E-state index contributed by atoms with van der Waals surface area (Å²) >= 11 is 2.26. The third-order valence-corrected chi connectivity index (χ3v) is 27.8. The molecule has 0 radical (unpaired) electrons. The molecule has 15 amide bonds. The van der Waals surface area contributed by atoms with Crippen molar-refractivity contribution >= 4 is 147 Å². The largest absolute Gasteiger partial charge is 0.493 e. The van der Waals surface area contributed by atoms with Crippen LogP contribution in [0.25, 0.3) is 0 Å². The molecule has 0 saturated carbocycles. The molecule has 38 nitrogen and oxygen atoms in total. The van der Waals surface area contributed by atoms with Gasteiger partial charge in [-0.25, -0.2) is 19.4 Å². The van der Waals surface area contributed by atoms with Crippen LogP contribution in [0.1, 0.15) is 207 Å². The number of nitrogens with zero attached hydrogens (tertiary/aromatic N) is 6. The molecule has 0 spiro atoms. The molecule has 4 aromatic rings. The number of nitrogens with one attached hydrogen (secondary N) is 7. The lowest BCUT2D eigenvalue weighted by atomic mass is 9.87. The molecule has 5 fully saturated rings. The molecule has 0 aliphatic carbocycles. The first-order valence-electron chi connectivity index (χ1n) is 45.8. The number of anilines is 3. The number of amides is 15. The van der Waals surface area contributed by atoms with Gasteiger partial charge in [0.1, 0.15) is 42.9 Å². The summed E-state index contributed by atoms with van der Waals surface area (Å²) in [6.45, 7) is 10.9. The predicted octanol–water partition coefficient (Wildman–Crippen LogP) is 6.09. The minimum Gasteiger partial charge on any atom is -0.493 e. The monoisotopic (exact) mass is 1890 g/mol. The lowest BCUT2D eigenvalue weighted by Crippen LogP contribution is -2.53. The molecule has 10 aliphatic rings. The van der Waals surface area contributed by atoms with E-state index in [4.69, 9.17) is 23.7 Å². The Hall–Kier alpha value is -12.0. The van der Waals surface area contributed by atoms with Gasteiger partial charge in [0, 0.05) is 113 Å². The Kier molecular flexibility index (Phi) is 34.9. The van der Waals surface area contributed by atoms with Gasteiger partial charge in [0.25, 0.3) is 11.8 Å². The van der Waals surface area contributed by atoms with Crippen molar-refractivity contribution in [1.82, 2.24) is 51.5 Å². The Balaban J connectivity index is 0.756. The van der Waals surface area contributed by atoms with E-state index in [9.17, 15) is 96.5 Å². The zero-order valence-corrected chi connectivity index (χ0v) is 78.1. The summed E-state index contributed by atoms with van der Waals surface area (Å²) in [4.78, 5) is 259. The van der Waals surface area contributed by atoms with Gasteiger partial charge in [0.2, 0.25) is 65.0 Å². The van der Waals surface area contributed by atoms with Gasteiger partial charge in [-0.1, -0.05) is 64.1 Å². The molecule has 9 N–H and O–H groups in total. The van der Waals surface area contributed by atoms with Crippen molar-refractivity contribution in [3.8, 4) is 17.2 Å². The van der Waals surface area contributed by atoms with Crippen molar-refractivity contribution in [3.05, 3.63) is 106 Å². The molecule has 10 aliphatic heterocycles. The Morgan fingerprint density at radius 3 is 1.52 bits per heavy atom. The Bertz CT molecular complexity index is 5130. The van der Waals surface area contributed by atoms with Crippen molar-refractivity contribution in [1.29, 1.82) is 0 Å². The highest BCUT2D eigenvalue weighted by Gasteiger charge is 2.49. The maximum absolute atomic E-state index is 14.8. The van der Waals surface area contributed by atoms with Crippen LogP contribution in [0.3, 0.4) is 0 Å². The zero-order valence-electron chi connectivity index (χ0n) is 76.5. The number of rotatable bonds is 3. The molecule has 5 saturated heterocycles. The molecule has 4 unspecified atom stereocenters. The molecule has 10 heterocycles. The molecule has 722 valence electrons. The Labute approximate surface area is 784 Å². The molecule has 12 atom stereocenters. The van der Waals surface area contributed by atoms with Crippen molar-refractivity contribution in [3.63, 3.8) is 0 Å². The number of carbonyl (C=O) groups excluding carboxylic acids is 18. The minimum absolute atomic E-state index is 0.0133. The number of imide groups is 2. The number of hydrogen-bond acceptors (Lipinski definition) is 27. The molecular weight excluding hydrogens is 1780 g/mol. The Morgan fingerprint density at radius 1 is 0.470 bits per heavy atom. The van der Waals surface area contributed by atoms with E-state index in [0.717, 1.165) is 43.1 Å². The van der Waals surface area contributed by atoms with Crippen LogP contribution in [0.2, 0.25) is 0 Å². The summed E-state index contributed by atoms with van der Waals surface area (Å²) in [7, 11) is 1.41. The minimum atomic E-state index is -1.75. The lowest BCUT2D eigenvalue weighted by Gasteiger charge is -2.31. The molecule has 12 bridgehead atoms. The van der Waals surface area contributed by atoms with E-state index in [1.807, 2.05) is 0 Å². The molecule has 134 heavy (non-hydrogen) atoms. The number of aryl methyl sites for hydroxylation is 1. The summed E-state index contributed by atoms with van der Waals surface area (Å²) in [6, 6.07) is 11.0. The van der Waals surface area contributed by atoms with E-state index in [1.54, 1.807) is 82.0 Å². The number of fused-ring (bicyclic) bond motifs is 8. The summed E-state index contributed by atoms with van der Waals surface area (Å²) < 4.78 is 30.1. The average molecular weight is 1900 g/mol. The third kappa shape index (κ3) is 24.9. The van der Waals surface area contributed by atoms with Crippen LogP contribution in [0.15, 0.2) is 72.8 Å². The topological polar surface area (TPSA) is 498 Å². The highest BCUT2D eigenvalue weighted by Crippen LogP contribution is 2.44. The Morgan fingerprint density at radius 2 is 0.963 bits per heavy atom. The summed E-state index contributed by atoms with van der Waals surface area (Å²) in [5, 5.41) is 41.5. The van der Waals surface area contributed by atoms with Gasteiger partial charge in [-0.05, 0) is 150 Å². The number of benzene rings is 4. The van der Waals surface area contributed by atoms with E-state index < -0.39 is 196 Å². The SMILES string of the molecule is COc1cc2c3cc1OCCCCCOc1cc4c(cc1C)C(=O)N1CCC[C@H]1C(O)N4C(=O)OCc1ccc(cc1)NC(=O)[C@H](C)NC(=O)[C@H](C(C)C)NC(=O)CCCNC(=O)[C@@H]1CC(=O)CCN4C(=O)CC(SCSC5CC(=O)N(CCCC(=O)N[C@@H]1C(=O)CCCCC(=O)N[C@@H](C(C)C)C(=O)N[C@@H](C)C(=O)Cc1ccc(cc1)COC(=O)N3C(O)[C@@H]1CCCN1C2=O)C5=O)C4=O. The van der Waals surface area contributed by atoms with Crippen molar-refractivity contribution < 1.29 is 120 Å². The van der Waals surface area contributed by atoms with E-state index in [2.05, 4.69) is 37.2 Å². The van der Waals surface area contributed by atoms with Crippen LogP contribution >= 0.6 is 23.5 Å². The van der Waals surface area contributed by atoms with Crippen LogP contribution in [0, 0.1) is 24.7 Å². The third-order valence-electron chi connectivity index (χ3n) is 25.2. The van der Waals surface area contributed by atoms with Crippen LogP contribution in [-0.4, -0.2) is 260 Å². The molecule has 0 aromatic heterocycles. The first-order valence-corrected chi connectivity index (χ1v) is 47.9. The summed E-state index contributed by atoms with van der Waals surface area (Å²) in [6.07, 6.45) is -4.69. The molecule has 4 aromatic carbocycles. The number of ketones is 3. The second kappa shape index (κ2) is 46.3. The summed E-state index contributed by atoms with van der Waals surface area (Å²) in [5.74, 6) is -11.8. The number of Topliss-reactive ketones (excluding diaryl/α,β-unsaturated/α-hetero) is 3. The van der Waals surface area contributed by atoms with E-state index in [1.165, 1.54) is 56.2 Å². The fraction of sp³-hybridized carbons (Fsp3) is 0.553. The first kappa shape index (κ1) is 101. The van der Waals surface area contributed by atoms with Crippen LogP contribution < -0.4 is 61.2 Å². The number of thioether (sulfide) groups is 2. The van der Waals surface area contributed by atoms with E-state index in [0.29, 0.717) is 86.0 Å². The normalized spacial score (nSPS) is 26.4. The lowest BCUT2D eigenvalue weighted by molar-refractivity contribution is -0.140. The molecular formula is C94H119N13O25S2. The fourth-order valence-electron chi connectivity index (χ4n) is 17.6. The van der Waals surface area contributed by atoms with Gasteiger partial charge in [-0.15, -0.1) is 23.5 Å². The number of ether oxygens (including phenoxy) is 5. The highest BCUT2D eigenvalue weighted by atomic mass is 32.2.